The molecular formula is C19H15N3O3S. The third-order valence-electron chi connectivity index (χ3n) is 3.91. The number of fused-ring (bicyclic) bond motifs is 1. The third-order valence-corrected chi connectivity index (χ3v) is 4.88. The highest BCUT2D eigenvalue weighted by molar-refractivity contribution is 7.99. The summed E-state index contributed by atoms with van der Waals surface area (Å²) < 4.78 is 7.37. The maximum Gasteiger partial charge on any atom is 0.267 e. The van der Waals surface area contributed by atoms with E-state index in [0.717, 1.165) is 5.75 Å². The lowest BCUT2D eigenvalue weighted by Gasteiger charge is -2.12. The Morgan fingerprint density at radius 3 is 2.73 bits per heavy atom. The van der Waals surface area contributed by atoms with Crippen LogP contribution in [0.1, 0.15) is 10.4 Å². The molecule has 0 fully saturated rings. The molecule has 0 saturated heterocycles. The molecule has 0 atom stereocenters. The molecule has 2 aromatic carbocycles. The predicted molar refractivity (Wildman–Crippen MR) is 100 cm³/mol. The zero-order valence-corrected chi connectivity index (χ0v) is 14.5. The summed E-state index contributed by atoms with van der Waals surface area (Å²) in [4.78, 5) is 29.3. The highest BCUT2D eigenvalue weighted by atomic mass is 32.2. The molecule has 130 valence electrons. The molecule has 3 aromatic rings. The first kappa shape index (κ1) is 16.4. The van der Waals surface area contributed by atoms with E-state index in [-0.39, 0.29) is 11.1 Å². The Balaban J connectivity index is 1.60. The first-order valence-corrected chi connectivity index (χ1v) is 9.07. The molecule has 0 unspecified atom stereocenters. The number of carbonyl (C=O) groups is 1. The molecule has 0 radical (unpaired) electrons. The Kier molecular flexibility index (Phi) is 4.45. The second-order valence-corrected chi connectivity index (χ2v) is 6.69. The molecule has 0 spiro atoms. The minimum atomic E-state index is -0.501. The normalized spacial score (nSPS) is 12.5. The van der Waals surface area contributed by atoms with E-state index in [9.17, 15) is 9.59 Å². The van der Waals surface area contributed by atoms with Crippen molar-refractivity contribution in [2.24, 2.45) is 0 Å². The Morgan fingerprint density at radius 2 is 1.88 bits per heavy atom. The van der Waals surface area contributed by atoms with E-state index >= 15 is 0 Å². The molecule has 1 aliphatic heterocycles. The topological polar surface area (TPSA) is 73.2 Å². The highest BCUT2D eigenvalue weighted by Crippen LogP contribution is 2.29. The lowest BCUT2D eigenvalue weighted by molar-refractivity contribution is 0.102. The summed E-state index contributed by atoms with van der Waals surface area (Å²) >= 11 is 1.51. The van der Waals surface area contributed by atoms with Crippen LogP contribution in [0.4, 0.5) is 5.69 Å². The smallest absolute Gasteiger partial charge is 0.267 e. The van der Waals surface area contributed by atoms with Crippen LogP contribution in [-0.2, 0) is 6.54 Å². The average molecular weight is 365 g/mol. The number of nitrogens with one attached hydrogen (secondary N) is 1. The predicted octanol–water partition coefficient (Wildman–Crippen LogP) is 3.39. The Hall–Kier alpha value is -3.06. The Bertz CT molecular complexity index is 1020. The summed E-state index contributed by atoms with van der Waals surface area (Å²) in [7, 11) is 0. The molecule has 2 heterocycles. The summed E-state index contributed by atoms with van der Waals surface area (Å²) in [5.74, 6) is 1.45. The molecule has 6 nitrogen and oxygen atoms in total. The van der Waals surface area contributed by atoms with Crippen molar-refractivity contribution in [3.8, 4) is 11.5 Å². The number of thioether (sulfide) groups is 1. The molecule has 4 rings (SSSR count). The van der Waals surface area contributed by atoms with Crippen LogP contribution in [0.3, 0.4) is 0 Å². The Morgan fingerprint density at radius 1 is 1.12 bits per heavy atom. The van der Waals surface area contributed by atoms with Crippen LogP contribution in [-0.4, -0.2) is 21.2 Å². The minimum absolute atomic E-state index is 0.0192. The third kappa shape index (κ3) is 3.21. The van der Waals surface area contributed by atoms with Crippen molar-refractivity contribution in [2.45, 2.75) is 11.7 Å². The summed E-state index contributed by atoms with van der Waals surface area (Å²) in [6.07, 6.45) is 1.34. The van der Waals surface area contributed by atoms with Gasteiger partial charge in [0.25, 0.3) is 11.5 Å². The largest absolute Gasteiger partial charge is 0.455 e. The van der Waals surface area contributed by atoms with Crippen molar-refractivity contribution in [3.63, 3.8) is 0 Å². The minimum Gasteiger partial charge on any atom is -0.455 e. The summed E-state index contributed by atoms with van der Waals surface area (Å²) in [6, 6.07) is 16.4. The molecule has 7 heteroatoms. The monoisotopic (exact) mass is 365 g/mol. The molecule has 1 aromatic heterocycles. The van der Waals surface area contributed by atoms with Crippen molar-refractivity contribution in [3.05, 3.63) is 76.7 Å². The molecular weight excluding hydrogens is 350 g/mol. The summed E-state index contributed by atoms with van der Waals surface area (Å²) in [5, 5.41) is 3.41. The van der Waals surface area contributed by atoms with Crippen molar-refractivity contribution < 1.29 is 9.53 Å². The van der Waals surface area contributed by atoms with Gasteiger partial charge in [-0.1, -0.05) is 42.1 Å². The van der Waals surface area contributed by atoms with Gasteiger partial charge in [-0.15, -0.1) is 0 Å². The van der Waals surface area contributed by atoms with Gasteiger partial charge in [0.1, 0.15) is 11.3 Å². The number of hydrogen-bond donors (Lipinski definition) is 1. The van der Waals surface area contributed by atoms with Gasteiger partial charge < -0.3 is 10.1 Å². The van der Waals surface area contributed by atoms with Crippen molar-refractivity contribution in [2.75, 3.05) is 11.1 Å². The van der Waals surface area contributed by atoms with Crippen LogP contribution < -0.4 is 15.6 Å². The quantitative estimate of drug-likeness (QED) is 0.718. The molecule has 0 bridgehead atoms. The van der Waals surface area contributed by atoms with Gasteiger partial charge in [-0.3, -0.25) is 14.2 Å². The van der Waals surface area contributed by atoms with Gasteiger partial charge in [0.05, 0.1) is 5.69 Å². The van der Waals surface area contributed by atoms with Crippen molar-refractivity contribution in [1.29, 1.82) is 0 Å². The number of rotatable bonds is 4. The van der Waals surface area contributed by atoms with Gasteiger partial charge in [-0.05, 0) is 24.3 Å². The zero-order chi connectivity index (χ0) is 17.9. The van der Waals surface area contributed by atoms with Gasteiger partial charge in [0.15, 0.2) is 10.9 Å². The van der Waals surface area contributed by atoms with Crippen LogP contribution in [0.15, 0.2) is 70.7 Å². The fourth-order valence-electron chi connectivity index (χ4n) is 2.64. The maximum absolute atomic E-state index is 12.6. The molecule has 1 N–H and O–H groups in total. The van der Waals surface area contributed by atoms with Gasteiger partial charge >= 0.3 is 0 Å². The maximum atomic E-state index is 12.6. The number of carbonyl (C=O) groups excluding carboxylic acids is 1. The standard InChI is InChI=1S/C19H15N3O3S/c23-17(14-12-20-19-22(18(14)24)10-11-26-19)21-15-8-4-5-9-16(15)25-13-6-2-1-3-7-13/h1-9,12H,10-11H2,(H,21,23). The number of benzene rings is 2. The van der Waals surface area contributed by atoms with Gasteiger partial charge in [0, 0.05) is 18.5 Å². The number of para-hydroxylation sites is 3. The van der Waals surface area contributed by atoms with Crippen LogP contribution in [0.5, 0.6) is 11.5 Å². The van der Waals surface area contributed by atoms with E-state index in [1.165, 1.54) is 22.5 Å². The lowest BCUT2D eigenvalue weighted by Crippen LogP contribution is -2.29. The van der Waals surface area contributed by atoms with E-state index in [1.807, 2.05) is 36.4 Å². The van der Waals surface area contributed by atoms with E-state index in [1.54, 1.807) is 18.2 Å². The first-order valence-electron chi connectivity index (χ1n) is 8.08. The zero-order valence-electron chi connectivity index (χ0n) is 13.7. The molecule has 0 aliphatic carbocycles. The molecule has 1 amide bonds. The van der Waals surface area contributed by atoms with E-state index < -0.39 is 5.91 Å². The highest BCUT2D eigenvalue weighted by Gasteiger charge is 2.20. The van der Waals surface area contributed by atoms with Crippen molar-refractivity contribution >= 4 is 23.4 Å². The number of nitrogens with zero attached hydrogens (tertiary/aromatic N) is 2. The fourth-order valence-corrected chi connectivity index (χ4v) is 3.55. The number of amides is 1. The van der Waals surface area contributed by atoms with Crippen LogP contribution in [0, 0.1) is 0 Å². The van der Waals surface area contributed by atoms with Crippen LogP contribution in [0.25, 0.3) is 0 Å². The van der Waals surface area contributed by atoms with E-state index in [0.29, 0.717) is 28.9 Å². The molecule has 0 saturated carbocycles. The summed E-state index contributed by atoms with van der Waals surface area (Å²) in [5.41, 5.74) is 0.186. The number of hydrogen-bond acceptors (Lipinski definition) is 5. The summed E-state index contributed by atoms with van der Waals surface area (Å²) in [6.45, 7) is 0.570. The van der Waals surface area contributed by atoms with Crippen molar-refractivity contribution in [1.82, 2.24) is 9.55 Å². The second-order valence-electron chi connectivity index (χ2n) is 5.63. The second kappa shape index (κ2) is 7.05. The molecule has 26 heavy (non-hydrogen) atoms. The fraction of sp³-hybridized carbons (Fsp3) is 0.105. The number of aromatic nitrogens is 2. The van der Waals surface area contributed by atoms with Crippen LogP contribution in [0.2, 0.25) is 0 Å². The van der Waals surface area contributed by atoms with Gasteiger partial charge in [-0.2, -0.15) is 0 Å². The Labute approximate surface area is 153 Å². The van der Waals surface area contributed by atoms with Gasteiger partial charge in [-0.25, -0.2) is 4.98 Å². The van der Waals surface area contributed by atoms with Gasteiger partial charge in [0.2, 0.25) is 0 Å². The van der Waals surface area contributed by atoms with E-state index in [4.69, 9.17) is 4.74 Å². The number of anilines is 1. The first-order chi connectivity index (χ1) is 12.7. The lowest BCUT2D eigenvalue weighted by atomic mass is 10.2. The SMILES string of the molecule is O=C(Nc1ccccc1Oc1ccccc1)c1cnc2n(c1=O)CCS2. The average Bonchev–Trinajstić information content (AvgIpc) is 3.14. The number of ether oxygens (including phenoxy) is 1. The molecule has 1 aliphatic rings. The van der Waals surface area contributed by atoms with E-state index in [2.05, 4.69) is 10.3 Å². The van der Waals surface area contributed by atoms with Crippen LogP contribution >= 0.6 is 11.8 Å².